The number of likely N-dealkylation sites (tertiary alicyclic amines) is 1. The predicted octanol–water partition coefficient (Wildman–Crippen LogP) is 6.04. The van der Waals surface area contributed by atoms with Crippen LogP contribution in [0.5, 0.6) is 11.5 Å². The molecule has 2 aliphatic heterocycles. The Bertz CT molecular complexity index is 999. The number of rotatable bonds is 7. The summed E-state index contributed by atoms with van der Waals surface area (Å²) in [4.78, 5) is 15.5. The largest absolute Gasteiger partial charge is 0.486 e. The minimum absolute atomic E-state index is 0.103. The van der Waals surface area contributed by atoms with Crippen molar-refractivity contribution in [3.8, 4) is 11.5 Å². The minimum Gasteiger partial charge on any atom is -0.486 e. The Hall–Kier alpha value is -2.79. The van der Waals surface area contributed by atoms with Crippen molar-refractivity contribution in [2.75, 3.05) is 38.2 Å². The molecule has 2 heterocycles. The average Bonchev–Trinajstić information content (AvgIpc) is 2.83. The highest BCUT2D eigenvalue weighted by atomic mass is 16.6. The van der Waals surface area contributed by atoms with Gasteiger partial charge in [0.25, 0.3) is 0 Å². The van der Waals surface area contributed by atoms with Gasteiger partial charge in [0.15, 0.2) is 11.5 Å². The lowest BCUT2D eigenvalue weighted by Crippen LogP contribution is -2.30. The maximum atomic E-state index is 13.0. The Morgan fingerprint density at radius 1 is 0.971 bits per heavy atom. The number of nitrogens with one attached hydrogen (secondary N) is 1. The van der Waals surface area contributed by atoms with Crippen LogP contribution in [-0.2, 0) is 10.2 Å². The Morgan fingerprint density at radius 3 is 2.38 bits per heavy atom. The van der Waals surface area contributed by atoms with E-state index in [4.69, 9.17) is 9.47 Å². The second kappa shape index (κ2) is 11.1. The molecular formula is C29H38N2O3. The van der Waals surface area contributed by atoms with E-state index in [-0.39, 0.29) is 11.3 Å². The highest BCUT2D eigenvalue weighted by molar-refractivity contribution is 6.04. The molecule has 2 aliphatic rings. The molecule has 2 aromatic rings. The van der Waals surface area contributed by atoms with E-state index < -0.39 is 0 Å². The van der Waals surface area contributed by atoms with E-state index in [2.05, 4.69) is 55.3 Å². The van der Waals surface area contributed by atoms with E-state index in [1.165, 1.54) is 37.9 Å². The van der Waals surface area contributed by atoms with Crippen LogP contribution in [0.1, 0.15) is 64.0 Å². The number of ether oxygens (including phenoxy) is 2. The van der Waals surface area contributed by atoms with Gasteiger partial charge in [-0.3, -0.25) is 4.79 Å². The minimum atomic E-state index is -0.121. The molecule has 0 aromatic heterocycles. The van der Waals surface area contributed by atoms with Gasteiger partial charge in [-0.15, -0.1) is 0 Å². The standard InChI is InChI=1S/C29H38N2O3/c1-29(2,3)24-11-9-22(10-12-24)23(8-7-17-31-15-5-4-6-16-31)20-28(32)30-25-13-14-26-27(21-25)34-19-18-33-26/h9-14,20-21H,4-8,15-19H2,1-3H3,(H,30,32). The van der Waals surface area contributed by atoms with Crippen LogP contribution < -0.4 is 14.8 Å². The number of hydrogen-bond donors (Lipinski definition) is 1. The van der Waals surface area contributed by atoms with E-state index >= 15 is 0 Å². The van der Waals surface area contributed by atoms with Gasteiger partial charge in [-0.25, -0.2) is 0 Å². The fourth-order valence-corrected chi connectivity index (χ4v) is 4.62. The molecule has 0 unspecified atom stereocenters. The van der Waals surface area contributed by atoms with E-state index in [9.17, 15) is 4.79 Å². The molecule has 5 nitrogen and oxygen atoms in total. The molecule has 34 heavy (non-hydrogen) atoms. The Balaban J connectivity index is 1.48. The second-order valence-electron chi connectivity index (χ2n) is 10.4. The van der Waals surface area contributed by atoms with Crippen molar-refractivity contribution in [3.63, 3.8) is 0 Å². The summed E-state index contributed by atoms with van der Waals surface area (Å²) in [5, 5.41) is 3.01. The molecule has 0 saturated carbocycles. The number of benzene rings is 2. The monoisotopic (exact) mass is 462 g/mol. The van der Waals surface area contributed by atoms with E-state index in [1.54, 1.807) is 6.08 Å². The van der Waals surface area contributed by atoms with Crippen molar-refractivity contribution in [1.29, 1.82) is 0 Å². The number of anilines is 1. The zero-order chi connectivity index (χ0) is 24.0. The zero-order valence-corrected chi connectivity index (χ0v) is 20.9. The van der Waals surface area contributed by atoms with Gasteiger partial charge in [0.05, 0.1) is 0 Å². The zero-order valence-electron chi connectivity index (χ0n) is 20.9. The van der Waals surface area contributed by atoms with Gasteiger partial charge in [-0.2, -0.15) is 0 Å². The first-order valence-corrected chi connectivity index (χ1v) is 12.6. The van der Waals surface area contributed by atoms with Crippen LogP contribution in [0.25, 0.3) is 5.57 Å². The topological polar surface area (TPSA) is 50.8 Å². The van der Waals surface area contributed by atoms with Gasteiger partial charge in [0, 0.05) is 17.8 Å². The lowest BCUT2D eigenvalue weighted by Gasteiger charge is -2.26. The summed E-state index contributed by atoms with van der Waals surface area (Å²) in [7, 11) is 0. The Labute approximate surface area is 204 Å². The summed E-state index contributed by atoms with van der Waals surface area (Å²) in [6, 6.07) is 14.2. The van der Waals surface area contributed by atoms with Crippen LogP contribution in [0.4, 0.5) is 5.69 Å². The highest BCUT2D eigenvalue weighted by Crippen LogP contribution is 2.33. The van der Waals surface area contributed by atoms with Crippen LogP contribution in [0, 0.1) is 0 Å². The summed E-state index contributed by atoms with van der Waals surface area (Å²) < 4.78 is 11.2. The molecule has 1 saturated heterocycles. The first-order valence-electron chi connectivity index (χ1n) is 12.6. The normalized spacial score (nSPS) is 16.9. The molecule has 0 bridgehead atoms. The summed E-state index contributed by atoms with van der Waals surface area (Å²) in [6.07, 6.45) is 7.63. The van der Waals surface area contributed by atoms with Crippen molar-refractivity contribution >= 4 is 17.2 Å². The third-order valence-corrected chi connectivity index (χ3v) is 6.61. The molecule has 0 radical (unpaired) electrons. The predicted molar refractivity (Wildman–Crippen MR) is 139 cm³/mol. The van der Waals surface area contributed by atoms with Gasteiger partial charge in [0.1, 0.15) is 13.2 Å². The molecule has 2 aromatic carbocycles. The smallest absolute Gasteiger partial charge is 0.248 e. The summed E-state index contributed by atoms with van der Waals surface area (Å²) in [5.74, 6) is 1.27. The van der Waals surface area contributed by atoms with Crippen LogP contribution >= 0.6 is 0 Å². The number of allylic oxidation sites excluding steroid dienone is 1. The fraction of sp³-hybridized carbons (Fsp3) is 0.483. The quantitative estimate of drug-likeness (QED) is 0.510. The van der Waals surface area contributed by atoms with Gasteiger partial charge in [-0.1, -0.05) is 51.5 Å². The van der Waals surface area contributed by atoms with Crippen LogP contribution in [0.3, 0.4) is 0 Å². The molecule has 0 atom stereocenters. The molecule has 1 amide bonds. The van der Waals surface area contributed by atoms with Crippen molar-refractivity contribution in [1.82, 2.24) is 4.90 Å². The van der Waals surface area contributed by atoms with Crippen LogP contribution in [0.2, 0.25) is 0 Å². The van der Waals surface area contributed by atoms with Gasteiger partial charge < -0.3 is 19.7 Å². The van der Waals surface area contributed by atoms with Crippen LogP contribution in [0.15, 0.2) is 48.5 Å². The molecule has 4 rings (SSSR count). The van der Waals surface area contributed by atoms with Crippen molar-refractivity contribution < 1.29 is 14.3 Å². The maximum Gasteiger partial charge on any atom is 0.248 e. The van der Waals surface area contributed by atoms with Crippen molar-refractivity contribution in [3.05, 3.63) is 59.7 Å². The third-order valence-electron chi connectivity index (χ3n) is 6.61. The highest BCUT2D eigenvalue weighted by Gasteiger charge is 2.16. The fourth-order valence-electron chi connectivity index (χ4n) is 4.62. The molecule has 182 valence electrons. The number of hydrogen-bond acceptors (Lipinski definition) is 4. The van der Waals surface area contributed by atoms with Crippen molar-refractivity contribution in [2.45, 2.75) is 58.3 Å². The van der Waals surface area contributed by atoms with Gasteiger partial charge >= 0.3 is 0 Å². The van der Waals surface area contributed by atoms with Gasteiger partial charge in [0.2, 0.25) is 5.91 Å². The summed E-state index contributed by atoms with van der Waals surface area (Å²) in [6.45, 7) is 11.2. The van der Waals surface area contributed by atoms with Gasteiger partial charge in [-0.05, 0) is 79.6 Å². The van der Waals surface area contributed by atoms with Crippen LogP contribution in [-0.4, -0.2) is 43.7 Å². The van der Waals surface area contributed by atoms with Crippen molar-refractivity contribution in [2.24, 2.45) is 0 Å². The average molecular weight is 463 g/mol. The first-order chi connectivity index (χ1) is 16.4. The molecule has 1 fully saturated rings. The molecule has 1 N–H and O–H groups in total. The number of amides is 1. The molecule has 0 aliphatic carbocycles. The molecular weight excluding hydrogens is 424 g/mol. The second-order valence-corrected chi connectivity index (χ2v) is 10.4. The lowest BCUT2D eigenvalue weighted by molar-refractivity contribution is -0.111. The van der Waals surface area contributed by atoms with E-state index in [0.29, 0.717) is 24.7 Å². The van der Waals surface area contributed by atoms with E-state index in [1.807, 2.05) is 18.2 Å². The maximum absolute atomic E-state index is 13.0. The first kappa shape index (κ1) is 24.3. The Morgan fingerprint density at radius 2 is 1.68 bits per heavy atom. The lowest BCUT2D eigenvalue weighted by atomic mass is 9.86. The molecule has 5 heteroatoms. The Kier molecular flexibility index (Phi) is 7.94. The number of fused-ring (bicyclic) bond motifs is 1. The van der Waals surface area contributed by atoms with E-state index in [0.717, 1.165) is 36.3 Å². The summed E-state index contributed by atoms with van der Waals surface area (Å²) >= 11 is 0. The number of nitrogens with zero attached hydrogens (tertiary/aromatic N) is 1. The third kappa shape index (κ3) is 6.63. The summed E-state index contributed by atoms with van der Waals surface area (Å²) in [5.41, 5.74) is 4.30. The number of carbonyl (C=O) groups excluding carboxylic acids is 1. The number of carbonyl (C=O) groups is 1. The molecule has 0 spiro atoms. The number of piperidine rings is 1. The SMILES string of the molecule is CC(C)(C)c1ccc(C(=CC(=O)Nc2ccc3c(c2)OCCO3)CCCN2CCCCC2)cc1.